The van der Waals surface area contributed by atoms with Gasteiger partial charge in [-0.25, -0.2) is 0 Å². The first-order chi connectivity index (χ1) is 3.91. The molecule has 1 nitrogen and oxygen atoms in total. The van der Waals surface area contributed by atoms with Crippen LogP contribution in [0.25, 0.3) is 0 Å². The third-order valence-electron chi connectivity index (χ3n) is 0.895. The van der Waals surface area contributed by atoms with Crippen LogP contribution in [0.4, 0.5) is 0 Å². The smallest absolute Gasteiger partial charge is 0.0112 e. The lowest BCUT2D eigenvalue weighted by atomic mass is 10.3. The van der Waals surface area contributed by atoms with Crippen molar-refractivity contribution in [3.63, 3.8) is 0 Å². The Labute approximate surface area is 51.8 Å². The van der Waals surface area contributed by atoms with E-state index in [4.69, 9.17) is 0 Å². The molecule has 0 rings (SSSR count). The first-order valence-electron chi connectivity index (χ1n) is 3.30. The Kier molecular flexibility index (Phi) is 6.16. The van der Waals surface area contributed by atoms with Crippen molar-refractivity contribution in [3.05, 3.63) is 12.3 Å². The third kappa shape index (κ3) is 5.54. The van der Waals surface area contributed by atoms with Crippen LogP contribution in [0, 0.1) is 0 Å². The summed E-state index contributed by atoms with van der Waals surface area (Å²) in [5.74, 6) is 0. The standard InChI is InChI=1S/C7H15N/c1-3-5-6-7-8-4-2/h6-8H,3-5H2,1-2H3/b7-6-. The number of hydrogen-bond acceptors (Lipinski definition) is 1. The van der Waals surface area contributed by atoms with Gasteiger partial charge in [-0.15, -0.1) is 0 Å². The van der Waals surface area contributed by atoms with Crippen LogP contribution >= 0.6 is 0 Å². The fourth-order valence-corrected chi connectivity index (χ4v) is 0.451. The van der Waals surface area contributed by atoms with E-state index in [0.29, 0.717) is 0 Å². The number of rotatable bonds is 4. The summed E-state index contributed by atoms with van der Waals surface area (Å²) in [6, 6.07) is 0. The van der Waals surface area contributed by atoms with E-state index in [9.17, 15) is 0 Å². The fourth-order valence-electron chi connectivity index (χ4n) is 0.451. The minimum absolute atomic E-state index is 1.03. The van der Waals surface area contributed by atoms with E-state index in [1.54, 1.807) is 0 Å². The second-order valence-electron chi connectivity index (χ2n) is 1.75. The van der Waals surface area contributed by atoms with Crippen molar-refractivity contribution in [2.75, 3.05) is 6.54 Å². The summed E-state index contributed by atoms with van der Waals surface area (Å²) < 4.78 is 0. The Hall–Kier alpha value is -0.460. The maximum Gasteiger partial charge on any atom is 0.0112 e. The molecular weight excluding hydrogens is 98.1 g/mol. The van der Waals surface area contributed by atoms with Gasteiger partial charge in [0, 0.05) is 6.54 Å². The van der Waals surface area contributed by atoms with Gasteiger partial charge in [-0.05, 0) is 19.5 Å². The number of allylic oxidation sites excluding steroid dienone is 1. The van der Waals surface area contributed by atoms with Crippen LogP contribution in [-0.2, 0) is 0 Å². The van der Waals surface area contributed by atoms with Crippen LogP contribution in [0.5, 0.6) is 0 Å². The van der Waals surface area contributed by atoms with Crippen LogP contribution in [-0.4, -0.2) is 6.54 Å². The van der Waals surface area contributed by atoms with Crippen molar-refractivity contribution < 1.29 is 0 Å². The Morgan fingerprint density at radius 2 is 2.12 bits per heavy atom. The van der Waals surface area contributed by atoms with E-state index >= 15 is 0 Å². The molecule has 8 heavy (non-hydrogen) atoms. The molecule has 0 amide bonds. The molecule has 0 saturated heterocycles. The molecule has 0 aliphatic rings. The first kappa shape index (κ1) is 7.54. The average Bonchev–Trinajstić information content (AvgIpc) is 1.81. The largest absolute Gasteiger partial charge is 0.391 e. The van der Waals surface area contributed by atoms with E-state index in [-0.39, 0.29) is 0 Å². The molecule has 0 spiro atoms. The molecule has 0 fully saturated rings. The molecule has 1 heteroatoms. The summed E-state index contributed by atoms with van der Waals surface area (Å²) >= 11 is 0. The normalized spacial score (nSPS) is 10.2. The Morgan fingerprint density at radius 1 is 1.38 bits per heavy atom. The van der Waals surface area contributed by atoms with E-state index in [1.807, 2.05) is 6.20 Å². The highest BCUT2D eigenvalue weighted by atomic mass is 14.8. The average molecular weight is 113 g/mol. The molecule has 0 heterocycles. The predicted octanol–water partition coefficient (Wildman–Crippen LogP) is 1.91. The van der Waals surface area contributed by atoms with Crippen molar-refractivity contribution >= 4 is 0 Å². The molecule has 0 aromatic heterocycles. The van der Waals surface area contributed by atoms with E-state index in [0.717, 1.165) is 6.54 Å². The number of nitrogens with one attached hydrogen (secondary N) is 1. The first-order valence-corrected chi connectivity index (χ1v) is 3.30. The second-order valence-corrected chi connectivity index (χ2v) is 1.75. The number of hydrogen-bond donors (Lipinski definition) is 1. The zero-order chi connectivity index (χ0) is 6.24. The van der Waals surface area contributed by atoms with E-state index in [2.05, 4.69) is 25.2 Å². The van der Waals surface area contributed by atoms with Crippen LogP contribution in [0.3, 0.4) is 0 Å². The minimum Gasteiger partial charge on any atom is -0.391 e. The lowest BCUT2D eigenvalue weighted by Crippen LogP contribution is -2.00. The zero-order valence-corrected chi connectivity index (χ0v) is 5.78. The lowest BCUT2D eigenvalue weighted by molar-refractivity contribution is 0.892. The van der Waals surface area contributed by atoms with E-state index in [1.165, 1.54) is 12.8 Å². The van der Waals surface area contributed by atoms with Gasteiger partial charge in [-0.1, -0.05) is 19.4 Å². The summed E-state index contributed by atoms with van der Waals surface area (Å²) in [7, 11) is 0. The molecule has 48 valence electrons. The van der Waals surface area contributed by atoms with Crippen molar-refractivity contribution in [1.82, 2.24) is 5.32 Å². The van der Waals surface area contributed by atoms with Crippen LogP contribution < -0.4 is 5.32 Å². The topological polar surface area (TPSA) is 12.0 Å². The second kappa shape index (κ2) is 6.54. The highest BCUT2D eigenvalue weighted by molar-refractivity contribution is 4.77. The van der Waals surface area contributed by atoms with Gasteiger partial charge in [0.25, 0.3) is 0 Å². The van der Waals surface area contributed by atoms with Gasteiger partial charge < -0.3 is 5.32 Å². The van der Waals surface area contributed by atoms with Crippen molar-refractivity contribution in [1.29, 1.82) is 0 Å². The van der Waals surface area contributed by atoms with Gasteiger partial charge >= 0.3 is 0 Å². The van der Waals surface area contributed by atoms with Gasteiger partial charge in [0.05, 0.1) is 0 Å². The molecule has 0 aliphatic carbocycles. The predicted molar refractivity (Wildman–Crippen MR) is 37.7 cm³/mol. The quantitative estimate of drug-likeness (QED) is 0.587. The summed E-state index contributed by atoms with van der Waals surface area (Å²) in [6.07, 6.45) is 6.60. The van der Waals surface area contributed by atoms with Crippen LogP contribution in [0.2, 0.25) is 0 Å². The van der Waals surface area contributed by atoms with Crippen molar-refractivity contribution in [2.24, 2.45) is 0 Å². The molecule has 0 aromatic rings. The molecular formula is C7H15N. The molecule has 0 aliphatic heterocycles. The molecule has 1 N–H and O–H groups in total. The Bertz CT molecular complexity index is 49.4. The molecule has 0 saturated carbocycles. The zero-order valence-electron chi connectivity index (χ0n) is 5.78. The maximum atomic E-state index is 3.10. The van der Waals surface area contributed by atoms with Crippen LogP contribution in [0.15, 0.2) is 12.3 Å². The van der Waals surface area contributed by atoms with Gasteiger partial charge in [-0.2, -0.15) is 0 Å². The molecule has 0 radical (unpaired) electrons. The minimum atomic E-state index is 1.03. The lowest BCUT2D eigenvalue weighted by Gasteiger charge is -1.89. The molecule has 0 aromatic carbocycles. The fraction of sp³-hybridized carbons (Fsp3) is 0.714. The summed E-state index contributed by atoms with van der Waals surface area (Å²) in [5.41, 5.74) is 0. The molecule has 0 atom stereocenters. The van der Waals surface area contributed by atoms with Crippen molar-refractivity contribution in [2.45, 2.75) is 26.7 Å². The highest BCUT2D eigenvalue weighted by Gasteiger charge is 1.69. The number of unbranched alkanes of at least 4 members (excludes halogenated alkanes) is 1. The third-order valence-corrected chi connectivity index (χ3v) is 0.895. The Balaban J connectivity index is 2.83. The maximum absolute atomic E-state index is 3.10. The monoisotopic (exact) mass is 113 g/mol. The Morgan fingerprint density at radius 3 is 2.62 bits per heavy atom. The van der Waals surface area contributed by atoms with Crippen LogP contribution in [0.1, 0.15) is 26.7 Å². The van der Waals surface area contributed by atoms with Gasteiger partial charge in [0.1, 0.15) is 0 Å². The van der Waals surface area contributed by atoms with Gasteiger partial charge in [-0.3, -0.25) is 0 Å². The summed E-state index contributed by atoms with van der Waals surface area (Å²) in [6.45, 7) is 5.30. The highest BCUT2D eigenvalue weighted by Crippen LogP contribution is 1.85. The molecule has 0 unspecified atom stereocenters. The van der Waals surface area contributed by atoms with Gasteiger partial charge in [0.2, 0.25) is 0 Å². The SMILES string of the molecule is CCC/C=C\NCC. The van der Waals surface area contributed by atoms with Crippen molar-refractivity contribution in [3.8, 4) is 0 Å². The summed E-state index contributed by atoms with van der Waals surface area (Å²) in [5, 5.41) is 3.10. The molecule has 0 bridgehead atoms. The van der Waals surface area contributed by atoms with E-state index < -0.39 is 0 Å². The summed E-state index contributed by atoms with van der Waals surface area (Å²) in [4.78, 5) is 0. The van der Waals surface area contributed by atoms with Gasteiger partial charge in [0.15, 0.2) is 0 Å².